The Hall–Kier alpha value is -2.36. The Morgan fingerprint density at radius 3 is 2.62 bits per heavy atom. The molecule has 1 aliphatic rings. The van der Waals surface area contributed by atoms with Crippen LogP contribution in [0.4, 0.5) is 0 Å². The van der Waals surface area contributed by atoms with E-state index >= 15 is 0 Å². The predicted octanol–water partition coefficient (Wildman–Crippen LogP) is 3.80. The number of benzene rings is 1. The largest absolute Gasteiger partial charge is 0.465 e. The first kappa shape index (κ1) is 16.5. The lowest BCUT2D eigenvalue weighted by Crippen LogP contribution is -2.15. The van der Waals surface area contributed by atoms with E-state index in [9.17, 15) is 9.59 Å². The van der Waals surface area contributed by atoms with E-state index in [0.29, 0.717) is 36.7 Å². The van der Waals surface area contributed by atoms with Gasteiger partial charge in [-0.1, -0.05) is 44.2 Å². The van der Waals surface area contributed by atoms with E-state index in [2.05, 4.69) is 13.8 Å². The minimum Gasteiger partial charge on any atom is -0.465 e. The van der Waals surface area contributed by atoms with Gasteiger partial charge in [0.25, 0.3) is 0 Å². The molecule has 0 spiro atoms. The maximum Gasteiger partial charge on any atom is 0.315 e. The fourth-order valence-electron chi connectivity index (χ4n) is 3.11. The van der Waals surface area contributed by atoms with Crippen molar-refractivity contribution in [3.63, 3.8) is 0 Å². The minimum absolute atomic E-state index is 0.00400. The number of hydrogen-bond donors (Lipinski definition) is 0. The predicted molar refractivity (Wildman–Crippen MR) is 92.1 cm³/mol. The topological polar surface area (TPSA) is 48.3 Å². The van der Waals surface area contributed by atoms with Gasteiger partial charge in [0.1, 0.15) is 0 Å². The molecule has 126 valence electrons. The van der Waals surface area contributed by atoms with Crippen molar-refractivity contribution < 1.29 is 14.3 Å². The molecule has 0 radical (unpaired) electrons. The van der Waals surface area contributed by atoms with Crippen LogP contribution in [0.1, 0.15) is 54.4 Å². The van der Waals surface area contributed by atoms with Crippen LogP contribution in [0.5, 0.6) is 0 Å². The summed E-state index contributed by atoms with van der Waals surface area (Å²) >= 11 is 0. The summed E-state index contributed by atoms with van der Waals surface area (Å²) in [5, 5.41) is 0. The summed E-state index contributed by atoms with van der Waals surface area (Å²) in [6.45, 7) is 5.36. The molecule has 0 bridgehead atoms. The van der Waals surface area contributed by atoms with Crippen LogP contribution in [0, 0.1) is 5.92 Å². The Labute approximate surface area is 142 Å². The van der Waals surface area contributed by atoms with Gasteiger partial charge in [-0.3, -0.25) is 9.59 Å². The summed E-state index contributed by atoms with van der Waals surface area (Å²) in [5.74, 6) is 0.0803. The molecule has 1 unspecified atom stereocenters. The summed E-state index contributed by atoms with van der Waals surface area (Å²) in [5.41, 5.74) is 2.21. The number of hydrogen-bond acceptors (Lipinski definition) is 3. The van der Waals surface area contributed by atoms with Gasteiger partial charge in [0.15, 0.2) is 0 Å². The van der Waals surface area contributed by atoms with Crippen LogP contribution in [0.3, 0.4) is 0 Å². The first-order valence-corrected chi connectivity index (χ1v) is 8.53. The molecule has 1 aliphatic heterocycles. The highest BCUT2D eigenvalue weighted by atomic mass is 16.5. The third kappa shape index (κ3) is 3.28. The molecule has 2 aromatic rings. The van der Waals surface area contributed by atoms with Crippen molar-refractivity contribution in [1.29, 1.82) is 0 Å². The van der Waals surface area contributed by atoms with Gasteiger partial charge >= 0.3 is 5.97 Å². The van der Waals surface area contributed by atoms with Gasteiger partial charge in [-0.25, -0.2) is 0 Å². The number of aromatic nitrogens is 1. The molecule has 0 saturated carbocycles. The van der Waals surface area contributed by atoms with E-state index in [1.54, 1.807) is 0 Å². The molecule has 2 heterocycles. The van der Waals surface area contributed by atoms with Gasteiger partial charge in [0, 0.05) is 17.8 Å². The quantitative estimate of drug-likeness (QED) is 0.599. The van der Waals surface area contributed by atoms with Crippen LogP contribution < -0.4 is 0 Å². The van der Waals surface area contributed by atoms with Gasteiger partial charge in [-0.15, -0.1) is 0 Å². The summed E-state index contributed by atoms with van der Waals surface area (Å²) in [6, 6.07) is 12.9. The molecule has 0 saturated heterocycles. The zero-order chi connectivity index (χ0) is 17.1. The molecular formula is C20H23NO3. The lowest BCUT2D eigenvalue weighted by atomic mass is 10.1. The number of nitrogens with zero attached hydrogens (tertiary/aromatic N) is 1. The van der Waals surface area contributed by atoms with E-state index in [1.165, 1.54) is 0 Å². The van der Waals surface area contributed by atoms with E-state index in [1.807, 2.05) is 47.0 Å². The van der Waals surface area contributed by atoms with Crippen molar-refractivity contribution in [2.24, 2.45) is 5.92 Å². The standard InChI is InChI=1S/C20H23NO3/c1-14(2)11-13-24-20(23)16-10-12-21-17(16)8-9-18(21)19(22)15-6-4-3-5-7-15/h3-9,14,16H,10-13H2,1-2H3. The van der Waals surface area contributed by atoms with Crippen molar-refractivity contribution >= 4 is 11.8 Å². The maximum atomic E-state index is 12.7. The van der Waals surface area contributed by atoms with Gasteiger partial charge in [0.05, 0.1) is 18.2 Å². The van der Waals surface area contributed by atoms with E-state index in [0.717, 1.165) is 12.1 Å². The fourth-order valence-corrected chi connectivity index (χ4v) is 3.11. The van der Waals surface area contributed by atoms with Crippen molar-refractivity contribution in [2.45, 2.75) is 39.2 Å². The highest BCUT2D eigenvalue weighted by Gasteiger charge is 2.32. The molecule has 1 aromatic carbocycles. The van der Waals surface area contributed by atoms with Crippen LogP contribution >= 0.6 is 0 Å². The SMILES string of the molecule is CC(C)CCOC(=O)C1CCn2c(C(=O)c3ccccc3)ccc21. The molecule has 1 aromatic heterocycles. The first-order valence-electron chi connectivity index (χ1n) is 8.53. The van der Waals surface area contributed by atoms with Crippen molar-refractivity contribution in [2.75, 3.05) is 6.61 Å². The molecule has 24 heavy (non-hydrogen) atoms. The zero-order valence-corrected chi connectivity index (χ0v) is 14.2. The third-order valence-electron chi connectivity index (χ3n) is 4.51. The second-order valence-electron chi connectivity index (χ2n) is 6.68. The van der Waals surface area contributed by atoms with Crippen molar-refractivity contribution in [1.82, 2.24) is 4.57 Å². The second-order valence-corrected chi connectivity index (χ2v) is 6.68. The minimum atomic E-state index is -0.255. The Morgan fingerprint density at radius 1 is 1.17 bits per heavy atom. The molecule has 3 rings (SSSR count). The molecule has 0 N–H and O–H groups in total. The summed E-state index contributed by atoms with van der Waals surface area (Å²) in [7, 11) is 0. The first-order chi connectivity index (χ1) is 11.6. The average Bonchev–Trinajstić information content (AvgIpc) is 3.16. The highest BCUT2D eigenvalue weighted by Crippen LogP contribution is 2.32. The van der Waals surface area contributed by atoms with Crippen molar-refractivity contribution in [3.8, 4) is 0 Å². The van der Waals surface area contributed by atoms with Crippen molar-refractivity contribution in [3.05, 3.63) is 59.4 Å². The number of ketones is 1. The molecule has 4 nitrogen and oxygen atoms in total. The molecule has 1 atom stereocenters. The van der Waals surface area contributed by atoms with Crippen LogP contribution in [0.25, 0.3) is 0 Å². The van der Waals surface area contributed by atoms with Gasteiger partial charge in [-0.05, 0) is 30.9 Å². The average molecular weight is 325 g/mol. The number of fused-ring (bicyclic) bond motifs is 1. The Balaban J connectivity index is 1.73. The van der Waals surface area contributed by atoms with Crippen LogP contribution in [0.2, 0.25) is 0 Å². The van der Waals surface area contributed by atoms with Crippen LogP contribution in [-0.2, 0) is 16.1 Å². The Kier molecular flexibility index (Phi) is 4.84. The molecule has 0 amide bonds. The number of ether oxygens (including phenoxy) is 1. The van der Waals surface area contributed by atoms with Crippen LogP contribution in [0.15, 0.2) is 42.5 Å². The normalized spacial score (nSPS) is 16.2. The summed E-state index contributed by atoms with van der Waals surface area (Å²) in [6.07, 6.45) is 1.57. The highest BCUT2D eigenvalue weighted by molar-refractivity contribution is 6.08. The smallest absolute Gasteiger partial charge is 0.315 e. The van der Waals surface area contributed by atoms with Gasteiger partial charge < -0.3 is 9.30 Å². The fraction of sp³-hybridized carbons (Fsp3) is 0.400. The zero-order valence-electron chi connectivity index (χ0n) is 14.2. The Morgan fingerprint density at radius 2 is 1.92 bits per heavy atom. The van der Waals surface area contributed by atoms with Gasteiger partial charge in [-0.2, -0.15) is 0 Å². The number of rotatable bonds is 6. The Bertz CT molecular complexity index is 731. The summed E-state index contributed by atoms with van der Waals surface area (Å²) < 4.78 is 7.37. The lowest BCUT2D eigenvalue weighted by molar-refractivity contribution is -0.145. The molecular weight excluding hydrogens is 302 g/mol. The molecule has 4 heteroatoms. The third-order valence-corrected chi connectivity index (χ3v) is 4.51. The molecule has 0 fully saturated rings. The second kappa shape index (κ2) is 7.04. The summed E-state index contributed by atoms with van der Waals surface area (Å²) in [4.78, 5) is 25.0. The molecule has 0 aliphatic carbocycles. The van der Waals surface area contributed by atoms with Gasteiger partial charge in [0.2, 0.25) is 5.78 Å². The maximum absolute atomic E-state index is 12.7. The van der Waals surface area contributed by atoms with E-state index < -0.39 is 0 Å². The number of carbonyl (C=O) groups excluding carboxylic acids is 2. The van der Waals surface area contributed by atoms with Crippen LogP contribution in [-0.4, -0.2) is 22.9 Å². The monoisotopic (exact) mass is 325 g/mol. The lowest BCUT2D eigenvalue weighted by Gasteiger charge is -2.11. The van der Waals surface area contributed by atoms with E-state index in [4.69, 9.17) is 4.74 Å². The number of esters is 1. The number of carbonyl (C=O) groups is 2. The van der Waals surface area contributed by atoms with E-state index in [-0.39, 0.29) is 17.7 Å².